The van der Waals surface area contributed by atoms with Crippen molar-refractivity contribution in [3.05, 3.63) is 54.9 Å². The number of ether oxygens (including phenoxy) is 2. The van der Waals surface area contributed by atoms with Gasteiger partial charge in [0, 0.05) is 18.5 Å². The second-order valence-electron chi connectivity index (χ2n) is 4.21. The van der Waals surface area contributed by atoms with Gasteiger partial charge < -0.3 is 9.47 Å². The molecule has 0 N–H and O–H groups in total. The third-order valence-corrected chi connectivity index (χ3v) is 2.75. The average molecular weight is 298 g/mol. The maximum atomic E-state index is 13.1. The largest absolute Gasteiger partial charge is 0.493 e. The van der Waals surface area contributed by atoms with Gasteiger partial charge in [0.25, 0.3) is 0 Å². The zero-order valence-corrected chi connectivity index (χ0v) is 11.6. The number of hydrogen-bond donors (Lipinski definition) is 0. The number of hydrogen-bond acceptors (Lipinski definition) is 6. The van der Waals surface area contributed by atoms with Gasteiger partial charge in [-0.3, -0.25) is 0 Å². The van der Waals surface area contributed by atoms with E-state index >= 15 is 0 Å². The molecule has 3 rings (SSSR count). The summed E-state index contributed by atoms with van der Waals surface area (Å²) in [5, 5.41) is 0. The van der Waals surface area contributed by atoms with Crippen molar-refractivity contribution in [1.29, 1.82) is 0 Å². The van der Waals surface area contributed by atoms with E-state index in [1.807, 2.05) is 0 Å². The molecule has 0 fully saturated rings. The molecule has 0 aliphatic rings. The molecule has 0 atom stereocenters. The Morgan fingerprint density at radius 3 is 2.27 bits per heavy atom. The van der Waals surface area contributed by atoms with Crippen LogP contribution in [0.5, 0.6) is 17.2 Å². The molecule has 22 heavy (non-hydrogen) atoms. The van der Waals surface area contributed by atoms with Crippen molar-refractivity contribution in [2.45, 2.75) is 0 Å². The first-order chi connectivity index (χ1) is 10.8. The summed E-state index contributed by atoms with van der Waals surface area (Å²) < 4.78 is 23.8. The van der Waals surface area contributed by atoms with Crippen molar-refractivity contribution in [2.75, 3.05) is 7.11 Å². The summed E-state index contributed by atoms with van der Waals surface area (Å²) in [7, 11) is 1.44. The molecular formula is C15H11FN4O2. The number of benzene rings is 1. The van der Waals surface area contributed by atoms with Gasteiger partial charge in [0.1, 0.15) is 5.82 Å². The lowest BCUT2D eigenvalue weighted by Gasteiger charge is -2.09. The van der Waals surface area contributed by atoms with E-state index < -0.39 is 5.82 Å². The predicted molar refractivity (Wildman–Crippen MR) is 76.1 cm³/mol. The molecule has 0 radical (unpaired) electrons. The van der Waals surface area contributed by atoms with E-state index in [9.17, 15) is 4.39 Å². The number of methoxy groups -OCH3 is 1. The molecule has 2 heterocycles. The second-order valence-corrected chi connectivity index (χ2v) is 4.21. The van der Waals surface area contributed by atoms with E-state index in [2.05, 4.69) is 19.9 Å². The highest BCUT2D eigenvalue weighted by Gasteiger charge is 2.09. The van der Waals surface area contributed by atoms with Crippen molar-refractivity contribution < 1.29 is 13.9 Å². The molecule has 1 aromatic carbocycles. The van der Waals surface area contributed by atoms with Crippen LogP contribution in [0.25, 0.3) is 11.6 Å². The number of nitrogens with zero attached hydrogens (tertiary/aromatic N) is 4. The molecular weight excluding hydrogens is 287 g/mol. The topological polar surface area (TPSA) is 70.0 Å². The zero-order chi connectivity index (χ0) is 15.4. The van der Waals surface area contributed by atoms with Crippen LogP contribution < -0.4 is 9.47 Å². The van der Waals surface area contributed by atoms with Gasteiger partial charge in [0.05, 0.1) is 19.5 Å². The van der Waals surface area contributed by atoms with Crippen LogP contribution in [0, 0.1) is 5.82 Å². The maximum absolute atomic E-state index is 13.1. The third-order valence-electron chi connectivity index (χ3n) is 2.75. The Bertz CT molecular complexity index is 766. The SMILES string of the molecule is COc1cc(F)ccc1Oc1cnc(-c2ncccn2)nc1. The van der Waals surface area contributed by atoms with Gasteiger partial charge in [0.2, 0.25) is 0 Å². The standard InChI is InChI=1S/C15H11FN4O2/c1-21-13-7-10(16)3-4-12(13)22-11-8-19-15(20-9-11)14-17-5-2-6-18-14/h2-9H,1H3. The maximum Gasteiger partial charge on any atom is 0.197 e. The minimum absolute atomic E-state index is 0.287. The van der Waals surface area contributed by atoms with Crippen molar-refractivity contribution >= 4 is 0 Å². The summed E-state index contributed by atoms with van der Waals surface area (Å²) in [6.07, 6.45) is 6.20. The summed E-state index contributed by atoms with van der Waals surface area (Å²) in [6.45, 7) is 0. The van der Waals surface area contributed by atoms with Crippen molar-refractivity contribution in [3.63, 3.8) is 0 Å². The highest BCUT2D eigenvalue weighted by molar-refractivity contribution is 5.45. The first kappa shape index (κ1) is 13.9. The van der Waals surface area contributed by atoms with Gasteiger partial charge >= 0.3 is 0 Å². The van der Waals surface area contributed by atoms with E-state index in [1.165, 1.54) is 37.7 Å². The number of halogens is 1. The molecule has 0 spiro atoms. The fourth-order valence-electron chi connectivity index (χ4n) is 1.75. The van der Waals surface area contributed by atoms with Gasteiger partial charge in [0.15, 0.2) is 28.9 Å². The van der Waals surface area contributed by atoms with Gasteiger partial charge in [-0.25, -0.2) is 24.3 Å². The summed E-state index contributed by atoms with van der Waals surface area (Å²) in [4.78, 5) is 16.4. The third kappa shape index (κ3) is 2.98. The minimum Gasteiger partial charge on any atom is -0.493 e. The highest BCUT2D eigenvalue weighted by Crippen LogP contribution is 2.31. The van der Waals surface area contributed by atoms with E-state index in [0.29, 0.717) is 23.1 Å². The fraction of sp³-hybridized carbons (Fsp3) is 0.0667. The van der Waals surface area contributed by atoms with Crippen LogP contribution >= 0.6 is 0 Å². The van der Waals surface area contributed by atoms with Gasteiger partial charge in [-0.2, -0.15) is 0 Å². The van der Waals surface area contributed by atoms with Crippen molar-refractivity contribution in [1.82, 2.24) is 19.9 Å². The highest BCUT2D eigenvalue weighted by atomic mass is 19.1. The second kappa shape index (κ2) is 6.13. The first-order valence-electron chi connectivity index (χ1n) is 6.37. The Morgan fingerprint density at radius 1 is 0.909 bits per heavy atom. The molecule has 0 amide bonds. The first-order valence-corrected chi connectivity index (χ1v) is 6.37. The van der Waals surface area contributed by atoms with Crippen LogP contribution in [0.4, 0.5) is 4.39 Å². The van der Waals surface area contributed by atoms with Crippen LogP contribution in [0.1, 0.15) is 0 Å². The van der Waals surface area contributed by atoms with E-state index in [1.54, 1.807) is 18.5 Å². The fourth-order valence-corrected chi connectivity index (χ4v) is 1.75. The molecule has 0 saturated heterocycles. The summed E-state index contributed by atoms with van der Waals surface area (Å²) in [5.74, 6) is 1.46. The van der Waals surface area contributed by atoms with Gasteiger partial charge in [-0.1, -0.05) is 0 Å². The normalized spacial score (nSPS) is 10.3. The number of aromatic nitrogens is 4. The summed E-state index contributed by atoms with van der Waals surface area (Å²) >= 11 is 0. The van der Waals surface area contributed by atoms with Crippen LogP contribution in [-0.4, -0.2) is 27.0 Å². The molecule has 0 aliphatic heterocycles. The molecule has 3 aromatic rings. The molecule has 110 valence electrons. The quantitative estimate of drug-likeness (QED) is 0.737. The van der Waals surface area contributed by atoms with Crippen molar-refractivity contribution in [3.8, 4) is 28.9 Å². The van der Waals surface area contributed by atoms with Crippen LogP contribution in [0.15, 0.2) is 49.1 Å². The molecule has 0 bridgehead atoms. The van der Waals surface area contributed by atoms with E-state index in [0.717, 1.165) is 0 Å². The van der Waals surface area contributed by atoms with E-state index in [4.69, 9.17) is 9.47 Å². The number of rotatable bonds is 4. The molecule has 7 heteroatoms. The van der Waals surface area contributed by atoms with Gasteiger partial charge in [-0.05, 0) is 18.2 Å². The Balaban J connectivity index is 1.82. The van der Waals surface area contributed by atoms with Crippen molar-refractivity contribution in [2.24, 2.45) is 0 Å². The Kier molecular flexibility index (Phi) is 3.86. The lowest BCUT2D eigenvalue weighted by atomic mass is 10.3. The molecule has 2 aromatic heterocycles. The van der Waals surface area contributed by atoms with Crippen LogP contribution in [0.3, 0.4) is 0 Å². The lowest BCUT2D eigenvalue weighted by Crippen LogP contribution is -1.96. The monoisotopic (exact) mass is 298 g/mol. The predicted octanol–water partition coefficient (Wildman–Crippen LogP) is 2.87. The van der Waals surface area contributed by atoms with E-state index in [-0.39, 0.29) is 5.75 Å². The minimum atomic E-state index is -0.406. The molecule has 0 aliphatic carbocycles. The Labute approximate surface area is 125 Å². The van der Waals surface area contributed by atoms with Crippen LogP contribution in [0.2, 0.25) is 0 Å². The molecule has 6 nitrogen and oxygen atoms in total. The lowest BCUT2D eigenvalue weighted by molar-refractivity contribution is 0.374. The zero-order valence-electron chi connectivity index (χ0n) is 11.6. The average Bonchev–Trinajstić information content (AvgIpc) is 2.58. The Hall–Kier alpha value is -3.09. The Morgan fingerprint density at radius 2 is 1.59 bits per heavy atom. The smallest absolute Gasteiger partial charge is 0.197 e. The summed E-state index contributed by atoms with van der Waals surface area (Å²) in [6, 6.07) is 5.71. The summed E-state index contributed by atoms with van der Waals surface area (Å²) in [5.41, 5.74) is 0. The molecule has 0 saturated carbocycles. The van der Waals surface area contributed by atoms with Gasteiger partial charge in [-0.15, -0.1) is 0 Å². The molecule has 0 unspecified atom stereocenters. The van der Waals surface area contributed by atoms with Crippen LogP contribution in [-0.2, 0) is 0 Å².